The number of nitrogens with zero attached hydrogens (tertiary/aromatic N) is 2. The van der Waals surface area contributed by atoms with Crippen molar-refractivity contribution in [2.24, 2.45) is 0 Å². The lowest BCUT2D eigenvalue weighted by Gasteiger charge is -2.24. The third-order valence-corrected chi connectivity index (χ3v) is 2.99. The molecule has 0 spiro atoms. The lowest BCUT2D eigenvalue weighted by molar-refractivity contribution is -0.151. The molecule has 0 aromatic heterocycles. The Morgan fingerprint density at radius 2 is 1.56 bits per heavy atom. The van der Waals surface area contributed by atoms with Crippen LogP contribution in [0, 0.1) is 0 Å². The van der Waals surface area contributed by atoms with Crippen LogP contribution in [0.1, 0.15) is 12.8 Å². The molecule has 104 valence electrons. The van der Waals surface area contributed by atoms with Crippen LogP contribution in [0.3, 0.4) is 0 Å². The van der Waals surface area contributed by atoms with E-state index in [1.54, 1.807) is 19.1 Å². The number of carbonyl (C=O) groups is 2. The summed E-state index contributed by atoms with van der Waals surface area (Å²) in [6.45, 7) is 3.04. The van der Waals surface area contributed by atoms with Crippen molar-refractivity contribution in [3.63, 3.8) is 0 Å². The van der Waals surface area contributed by atoms with Crippen LogP contribution < -0.4 is 0 Å². The highest BCUT2D eigenvalue weighted by molar-refractivity contribution is 6.34. The van der Waals surface area contributed by atoms with E-state index in [9.17, 15) is 9.59 Å². The monoisotopic (exact) mass is 258 g/mol. The van der Waals surface area contributed by atoms with Gasteiger partial charge in [-0.1, -0.05) is 0 Å². The number of rotatable bonds is 6. The Bertz CT molecular complexity index is 269. The number of hydrogen-bond donors (Lipinski definition) is 0. The molecule has 1 fully saturated rings. The molecular formula is C12H22N2O4. The van der Waals surface area contributed by atoms with Gasteiger partial charge in [-0.2, -0.15) is 0 Å². The number of carbonyl (C=O) groups excluding carboxylic acids is 2. The smallest absolute Gasteiger partial charge is 0.312 e. The van der Waals surface area contributed by atoms with E-state index in [0.717, 1.165) is 12.8 Å². The molecule has 1 aliphatic rings. The molecule has 0 bridgehead atoms. The van der Waals surface area contributed by atoms with Crippen molar-refractivity contribution in [2.45, 2.75) is 12.8 Å². The average Bonchev–Trinajstić information content (AvgIpc) is 2.91. The van der Waals surface area contributed by atoms with Gasteiger partial charge in [-0.25, -0.2) is 0 Å². The van der Waals surface area contributed by atoms with E-state index in [-0.39, 0.29) is 0 Å². The number of hydrogen-bond acceptors (Lipinski definition) is 4. The van der Waals surface area contributed by atoms with Crippen LogP contribution in [0.15, 0.2) is 0 Å². The molecule has 1 rings (SSSR count). The predicted octanol–water partition coefficient (Wildman–Crippen LogP) is -0.270. The molecule has 0 N–H and O–H groups in total. The minimum atomic E-state index is -0.453. The van der Waals surface area contributed by atoms with Crippen molar-refractivity contribution in [3.05, 3.63) is 0 Å². The fourth-order valence-corrected chi connectivity index (χ4v) is 1.91. The van der Waals surface area contributed by atoms with E-state index in [2.05, 4.69) is 0 Å². The van der Waals surface area contributed by atoms with Gasteiger partial charge >= 0.3 is 11.8 Å². The van der Waals surface area contributed by atoms with E-state index in [0.29, 0.717) is 39.4 Å². The maximum absolute atomic E-state index is 12.1. The maximum atomic E-state index is 12.1. The molecule has 6 heteroatoms. The van der Waals surface area contributed by atoms with Gasteiger partial charge < -0.3 is 19.3 Å². The van der Waals surface area contributed by atoms with E-state index >= 15 is 0 Å². The Labute approximate surface area is 108 Å². The molecule has 0 aromatic carbocycles. The van der Waals surface area contributed by atoms with Crippen LogP contribution in [0.2, 0.25) is 0 Å². The second kappa shape index (κ2) is 8.05. The van der Waals surface area contributed by atoms with E-state index in [1.165, 1.54) is 4.90 Å². The van der Waals surface area contributed by atoms with Crippen molar-refractivity contribution in [3.8, 4) is 0 Å². The number of ether oxygens (including phenoxy) is 2. The minimum Gasteiger partial charge on any atom is -0.383 e. The van der Waals surface area contributed by atoms with Gasteiger partial charge in [0.2, 0.25) is 0 Å². The highest BCUT2D eigenvalue weighted by atomic mass is 16.5. The standard InChI is InChI=1S/C12H22N2O4/c1-17-9-7-14(8-10-18-2)12(16)11(15)13-5-3-4-6-13/h3-10H2,1-2H3. The topological polar surface area (TPSA) is 59.1 Å². The van der Waals surface area contributed by atoms with Gasteiger partial charge in [-0.05, 0) is 12.8 Å². The van der Waals surface area contributed by atoms with Crippen LogP contribution in [-0.4, -0.2) is 75.2 Å². The summed E-state index contributed by atoms with van der Waals surface area (Å²) in [5.74, 6) is -0.856. The second-order valence-electron chi connectivity index (χ2n) is 4.28. The highest BCUT2D eigenvalue weighted by Gasteiger charge is 2.28. The molecule has 1 heterocycles. The zero-order valence-electron chi connectivity index (χ0n) is 11.2. The van der Waals surface area contributed by atoms with Crippen molar-refractivity contribution in [1.29, 1.82) is 0 Å². The molecule has 0 saturated carbocycles. The number of likely N-dealkylation sites (tertiary alicyclic amines) is 1. The summed E-state index contributed by atoms with van der Waals surface area (Å²) in [6.07, 6.45) is 1.96. The maximum Gasteiger partial charge on any atom is 0.312 e. The third kappa shape index (κ3) is 4.27. The van der Waals surface area contributed by atoms with Crippen LogP contribution in [0.5, 0.6) is 0 Å². The van der Waals surface area contributed by atoms with Crippen LogP contribution in [-0.2, 0) is 19.1 Å². The van der Waals surface area contributed by atoms with Crippen molar-refractivity contribution >= 4 is 11.8 Å². The summed E-state index contributed by atoms with van der Waals surface area (Å²) in [5.41, 5.74) is 0. The fraction of sp³-hybridized carbons (Fsp3) is 0.833. The largest absolute Gasteiger partial charge is 0.383 e. The first-order valence-electron chi connectivity index (χ1n) is 6.26. The zero-order valence-corrected chi connectivity index (χ0v) is 11.2. The number of amides is 2. The van der Waals surface area contributed by atoms with Gasteiger partial charge in [-0.3, -0.25) is 9.59 Å². The first kappa shape index (κ1) is 14.9. The van der Waals surface area contributed by atoms with E-state index < -0.39 is 11.8 Å². The molecular weight excluding hydrogens is 236 g/mol. The van der Waals surface area contributed by atoms with Gasteiger partial charge in [0.1, 0.15) is 0 Å². The molecule has 18 heavy (non-hydrogen) atoms. The SMILES string of the molecule is COCCN(CCOC)C(=O)C(=O)N1CCCC1. The first-order chi connectivity index (χ1) is 8.70. The van der Waals surface area contributed by atoms with E-state index in [4.69, 9.17) is 9.47 Å². The molecule has 0 atom stereocenters. The number of methoxy groups -OCH3 is 2. The molecule has 0 unspecified atom stereocenters. The minimum absolute atomic E-state index is 0.403. The lowest BCUT2D eigenvalue weighted by atomic mass is 10.4. The Kier molecular flexibility index (Phi) is 6.67. The molecule has 1 saturated heterocycles. The quantitative estimate of drug-likeness (QED) is 0.615. The Hall–Kier alpha value is -1.14. The Morgan fingerprint density at radius 3 is 2.00 bits per heavy atom. The highest BCUT2D eigenvalue weighted by Crippen LogP contribution is 2.08. The fourth-order valence-electron chi connectivity index (χ4n) is 1.91. The molecule has 0 radical (unpaired) electrons. The Morgan fingerprint density at radius 1 is 1.06 bits per heavy atom. The van der Waals surface area contributed by atoms with Gasteiger partial charge in [0.25, 0.3) is 0 Å². The van der Waals surface area contributed by atoms with Gasteiger partial charge in [0.05, 0.1) is 13.2 Å². The van der Waals surface area contributed by atoms with Crippen LogP contribution in [0.25, 0.3) is 0 Å². The molecule has 2 amide bonds. The molecule has 6 nitrogen and oxygen atoms in total. The van der Waals surface area contributed by atoms with Crippen molar-refractivity contribution < 1.29 is 19.1 Å². The van der Waals surface area contributed by atoms with Gasteiger partial charge in [0.15, 0.2) is 0 Å². The van der Waals surface area contributed by atoms with Crippen LogP contribution in [0.4, 0.5) is 0 Å². The second-order valence-corrected chi connectivity index (χ2v) is 4.28. The predicted molar refractivity (Wildman–Crippen MR) is 66.1 cm³/mol. The van der Waals surface area contributed by atoms with E-state index in [1.807, 2.05) is 0 Å². The van der Waals surface area contributed by atoms with Gasteiger partial charge in [0, 0.05) is 40.4 Å². The zero-order chi connectivity index (χ0) is 13.4. The molecule has 0 aliphatic carbocycles. The van der Waals surface area contributed by atoms with Crippen molar-refractivity contribution in [2.75, 3.05) is 53.6 Å². The summed E-state index contributed by atoms with van der Waals surface area (Å²) in [5, 5.41) is 0. The third-order valence-electron chi connectivity index (χ3n) is 2.99. The van der Waals surface area contributed by atoms with Gasteiger partial charge in [-0.15, -0.1) is 0 Å². The Balaban J connectivity index is 2.52. The summed E-state index contributed by atoms with van der Waals surface area (Å²) >= 11 is 0. The summed E-state index contributed by atoms with van der Waals surface area (Å²) in [7, 11) is 3.14. The molecule has 0 aromatic rings. The summed E-state index contributed by atoms with van der Waals surface area (Å²) < 4.78 is 9.90. The first-order valence-corrected chi connectivity index (χ1v) is 6.26. The molecule has 1 aliphatic heterocycles. The normalized spacial score (nSPS) is 14.9. The lowest BCUT2D eigenvalue weighted by Crippen LogP contribution is -2.46. The summed E-state index contributed by atoms with van der Waals surface area (Å²) in [4.78, 5) is 27.1. The van der Waals surface area contributed by atoms with Crippen molar-refractivity contribution in [1.82, 2.24) is 9.80 Å². The summed E-state index contributed by atoms with van der Waals surface area (Å²) in [6, 6.07) is 0. The van der Waals surface area contributed by atoms with Crippen LogP contribution >= 0.6 is 0 Å². The average molecular weight is 258 g/mol.